The van der Waals surface area contributed by atoms with E-state index in [4.69, 9.17) is 5.73 Å². The number of thioether (sulfide) groups is 1. The summed E-state index contributed by atoms with van der Waals surface area (Å²) in [6.45, 7) is 3.15. The zero-order chi connectivity index (χ0) is 14.1. The van der Waals surface area contributed by atoms with Crippen LogP contribution in [-0.2, 0) is 20.0 Å². The molecular weight excluding hydrogens is 270 g/mol. The Morgan fingerprint density at radius 1 is 1.35 bits per heavy atom. The summed E-state index contributed by atoms with van der Waals surface area (Å²) in [5, 5.41) is 4.61. The second kappa shape index (κ2) is 5.68. The Bertz CT molecular complexity index is 594. The van der Waals surface area contributed by atoms with Gasteiger partial charge in [-0.3, -0.25) is 9.25 Å². The van der Waals surface area contributed by atoms with E-state index >= 15 is 0 Å². The van der Waals surface area contributed by atoms with Gasteiger partial charge in [-0.05, 0) is 36.7 Å². The van der Waals surface area contributed by atoms with Gasteiger partial charge < -0.3 is 5.73 Å². The average Bonchev–Trinajstić information content (AvgIpc) is 2.91. The van der Waals surface area contributed by atoms with Gasteiger partial charge in [0.15, 0.2) is 5.65 Å². The molecule has 1 fully saturated rings. The molecule has 0 aromatic carbocycles. The predicted molar refractivity (Wildman–Crippen MR) is 85.0 cm³/mol. The molecule has 2 aromatic heterocycles. The normalized spacial score (nSPS) is 17.1. The molecule has 0 amide bonds. The molecule has 0 bridgehead atoms. The Morgan fingerprint density at radius 2 is 2.10 bits per heavy atom. The largest absolute Gasteiger partial charge is 0.369 e. The molecule has 0 spiro atoms. The van der Waals surface area contributed by atoms with Gasteiger partial charge in [0.05, 0.1) is 5.69 Å². The lowest BCUT2D eigenvalue weighted by Crippen LogP contribution is -2.18. The van der Waals surface area contributed by atoms with E-state index in [-0.39, 0.29) is 0 Å². The fourth-order valence-corrected chi connectivity index (χ4v) is 4.24. The van der Waals surface area contributed by atoms with Gasteiger partial charge >= 0.3 is 0 Å². The van der Waals surface area contributed by atoms with Crippen LogP contribution in [0.5, 0.6) is 0 Å². The molecule has 2 aromatic rings. The van der Waals surface area contributed by atoms with Crippen LogP contribution in [0.15, 0.2) is 0 Å². The van der Waals surface area contributed by atoms with Gasteiger partial charge in [-0.15, -0.1) is 0 Å². The van der Waals surface area contributed by atoms with E-state index in [0.717, 1.165) is 42.2 Å². The first-order valence-electron chi connectivity index (χ1n) is 7.46. The van der Waals surface area contributed by atoms with Gasteiger partial charge in [0.1, 0.15) is 5.52 Å². The van der Waals surface area contributed by atoms with Crippen molar-refractivity contribution < 1.29 is 0 Å². The van der Waals surface area contributed by atoms with E-state index in [1.807, 2.05) is 11.7 Å². The van der Waals surface area contributed by atoms with Crippen LogP contribution in [0.2, 0.25) is 0 Å². The summed E-state index contributed by atoms with van der Waals surface area (Å²) in [7, 11) is 2.00. The Morgan fingerprint density at radius 3 is 2.80 bits per heavy atom. The summed E-state index contributed by atoms with van der Waals surface area (Å²) in [6.07, 6.45) is 4.61. The number of aryl methyl sites for hydroxylation is 2. The van der Waals surface area contributed by atoms with Crippen molar-refractivity contribution in [3.05, 3.63) is 5.69 Å². The van der Waals surface area contributed by atoms with Crippen molar-refractivity contribution in [2.24, 2.45) is 13.0 Å². The predicted octanol–water partition coefficient (Wildman–Crippen LogP) is 2.45. The summed E-state index contributed by atoms with van der Waals surface area (Å²) in [4.78, 5) is 4.57. The van der Waals surface area contributed by atoms with Gasteiger partial charge in [-0.2, -0.15) is 16.9 Å². The zero-order valence-electron chi connectivity index (χ0n) is 12.3. The van der Waals surface area contributed by atoms with Crippen molar-refractivity contribution in [1.29, 1.82) is 0 Å². The van der Waals surface area contributed by atoms with Gasteiger partial charge in [-0.25, -0.2) is 4.98 Å². The number of imidazole rings is 1. The van der Waals surface area contributed by atoms with Gasteiger partial charge in [-0.1, -0.05) is 13.3 Å². The van der Waals surface area contributed by atoms with E-state index in [1.54, 1.807) is 0 Å². The summed E-state index contributed by atoms with van der Waals surface area (Å²) >= 11 is 2.06. The third kappa shape index (κ3) is 2.41. The molecule has 1 aliphatic heterocycles. The standard InChI is InChI=1S/C14H23N5S/c1-3-4-11-12-13(18(2)17-11)19(14(15)16-12)9-10-5-7-20-8-6-10/h10H,3-9H2,1-2H3,(H2,15,16). The first kappa shape index (κ1) is 13.8. The first-order valence-corrected chi connectivity index (χ1v) is 8.61. The number of nitrogens with two attached hydrogens (primary N) is 1. The summed E-state index contributed by atoms with van der Waals surface area (Å²) < 4.78 is 4.11. The highest BCUT2D eigenvalue weighted by Crippen LogP contribution is 2.28. The number of hydrogen-bond donors (Lipinski definition) is 1. The third-order valence-electron chi connectivity index (χ3n) is 4.09. The zero-order valence-corrected chi connectivity index (χ0v) is 13.1. The molecule has 110 valence electrons. The number of fused-ring (bicyclic) bond motifs is 1. The minimum atomic E-state index is 0.642. The van der Waals surface area contributed by atoms with Crippen molar-refractivity contribution in [2.75, 3.05) is 17.2 Å². The molecule has 2 N–H and O–H groups in total. The third-order valence-corrected chi connectivity index (χ3v) is 5.14. The maximum Gasteiger partial charge on any atom is 0.202 e. The monoisotopic (exact) mass is 293 g/mol. The van der Waals surface area contributed by atoms with Crippen molar-refractivity contribution in [3.8, 4) is 0 Å². The van der Waals surface area contributed by atoms with E-state index in [2.05, 4.69) is 33.3 Å². The van der Waals surface area contributed by atoms with Crippen molar-refractivity contribution in [2.45, 2.75) is 39.2 Å². The highest BCUT2D eigenvalue weighted by Gasteiger charge is 2.21. The maximum atomic E-state index is 6.15. The number of aromatic nitrogens is 4. The number of anilines is 1. The first-order chi connectivity index (χ1) is 9.70. The molecule has 3 rings (SSSR count). The van der Waals surface area contributed by atoms with Gasteiger partial charge in [0.25, 0.3) is 0 Å². The number of rotatable bonds is 4. The van der Waals surface area contributed by atoms with E-state index in [9.17, 15) is 0 Å². The molecule has 0 radical (unpaired) electrons. The van der Waals surface area contributed by atoms with Crippen LogP contribution in [0.3, 0.4) is 0 Å². The van der Waals surface area contributed by atoms with E-state index < -0.39 is 0 Å². The molecule has 20 heavy (non-hydrogen) atoms. The van der Waals surface area contributed by atoms with Crippen molar-refractivity contribution in [1.82, 2.24) is 19.3 Å². The fraction of sp³-hybridized carbons (Fsp3) is 0.714. The van der Waals surface area contributed by atoms with Crippen LogP contribution < -0.4 is 5.73 Å². The maximum absolute atomic E-state index is 6.15. The van der Waals surface area contributed by atoms with Crippen LogP contribution in [-0.4, -0.2) is 30.8 Å². The van der Waals surface area contributed by atoms with Crippen LogP contribution in [0.25, 0.3) is 11.2 Å². The highest BCUT2D eigenvalue weighted by molar-refractivity contribution is 7.99. The van der Waals surface area contributed by atoms with Gasteiger partial charge in [0, 0.05) is 13.6 Å². The van der Waals surface area contributed by atoms with Crippen LogP contribution >= 0.6 is 11.8 Å². The molecule has 0 aliphatic carbocycles. The number of hydrogen-bond acceptors (Lipinski definition) is 4. The number of nitrogen functional groups attached to an aromatic ring is 1. The van der Waals surface area contributed by atoms with Crippen molar-refractivity contribution >= 4 is 28.9 Å². The lowest BCUT2D eigenvalue weighted by Gasteiger charge is -2.22. The molecule has 0 atom stereocenters. The summed E-state index contributed by atoms with van der Waals surface area (Å²) in [5.41, 5.74) is 9.32. The fourth-order valence-electron chi connectivity index (χ4n) is 3.03. The number of nitrogens with zero attached hydrogens (tertiary/aromatic N) is 4. The molecular formula is C14H23N5S. The molecule has 3 heterocycles. The van der Waals surface area contributed by atoms with E-state index in [0.29, 0.717) is 5.95 Å². The lowest BCUT2D eigenvalue weighted by molar-refractivity contribution is 0.422. The SMILES string of the molecule is CCCc1nn(C)c2c1nc(N)n2CC1CCSCC1. The highest BCUT2D eigenvalue weighted by atomic mass is 32.2. The minimum absolute atomic E-state index is 0.642. The second-order valence-corrected chi connectivity index (χ2v) is 6.85. The van der Waals surface area contributed by atoms with Crippen LogP contribution in [0.4, 0.5) is 5.95 Å². The molecule has 1 saturated heterocycles. The van der Waals surface area contributed by atoms with E-state index in [1.165, 1.54) is 24.3 Å². The Balaban J connectivity index is 1.95. The quantitative estimate of drug-likeness (QED) is 0.940. The molecule has 0 saturated carbocycles. The molecule has 5 nitrogen and oxygen atoms in total. The van der Waals surface area contributed by atoms with Crippen LogP contribution in [0, 0.1) is 5.92 Å². The van der Waals surface area contributed by atoms with Gasteiger partial charge in [0.2, 0.25) is 5.95 Å². The summed E-state index contributed by atoms with van der Waals surface area (Å²) in [6, 6.07) is 0. The Hall–Kier alpha value is -1.17. The van der Waals surface area contributed by atoms with Crippen molar-refractivity contribution in [3.63, 3.8) is 0 Å². The topological polar surface area (TPSA) is 61.7 Å². The average molecular weight is 293 g/mol. The molecule has 1 aliphatic rings. The smallest absolute Gasteiger partial charge is 0.202 e. The Labute approximate surface area is 123 Å². The van der Waals surface area contributed by atoms with Crippen LogP contribution in [0.1, 0.15) is 31.9 Å². The Kier molecular flexibility index (Phi) is 3.92. The molecule has 6 heteroatoms. The lowest BCUT2D eigenvalue weighted by atomic mass is 10.0. The second-order valence-electron chi connectivity index (χ2n) is 5.63. The minimum Gasteiger partial charge on any atom is -0.369 e. The summed E-state index contributed by atoms with van der Waals surface area (Å²) in [5.74, 6) is 3.91. The molecule has 0 unspecified atom stereocenters.